The normalized spacial score (nSPS) is 27.6. The van der Waals surface area contributed by atoms with Crippen molar-refractivity contribution < 1.29 is 4.74 Å². The Morgan fingerprint density at radius 3 is 2.80 bits per heavy atom. The molecule has 3 rings (SSSR count). The van der Waals surface area contributed by atoms with E-state index in [2.05, 4.69) is 40.4 Å². The summed E-state index contributed by atoms with van der Waals surface area (Å²) in [5.74, 6) is 0.706. The molecule has 1 aromatic rings. The van der Waals surface area contributed by atoms with Crippen molar-refractivity contribution in [2.45, 2.75) is 56.6 Å². The standard InChI is InChI=1S/C16H24BrNOS/c1-18-15(13-5-6-14(17)20-13)12-7-10-19-16(11-12)8-3-2-4-9-16/h5-6,12,15,18H,2-4,7-11H2,1H3. The van der Waals surface area contributed by atoms with Crippen LogP contribution in [0.5, 0.6) is 0 Å². The highest BCUT2D eigenvalue weighted by molar-refractivity contribution is 9.11. The van der Waals surface area contributed by atoms with Gasteiger partial charge in [-0.15, -0.1) is 11.3 Å². The molecule has 0 aromatic carbocycles. The van der Waals surface area contributed by atoms with Crippen LogP contribution in [0, 0.1) is 5.92 Å². The average molecular weight is 358 g/mol. The molecule has 0 radical (unpaired) electrons. The summed E-state index contributed by atoms with van der Waals surface area (Å²) in [4.78, 5) is 1.46. The van der Waals surface area contributed by atoms with Gasteiger partial charge in [0.15, 0.2) is 0 Å². The molecule has 1 aromatic heterocycles. The Morgan fingerprint density at radius 2 is 2.15 bits per heavy atom. The largest absolute Gasteiger partial charge is 0.375 e. The predicted molar refractivity (Wildman–Crippen MR) is 88.3 cm³/mol. The van der Waals surface area contributed by atoms with Gasteiger partial charge in [0.2, 0.25) is 0 Å². The first-order valence-electron chi connectivity index (χ1n) is 7.79. The first-order valence-corrected chi connectivity index (χ1v) is 9.40. The van der Waals surface area contributed by atoms with Gasteiger partial charge in [-0.05, 0) is 66.7 Å². The molecule has 1 N–H and O–H groups in total. The fourth-order valence-electron chi connectivity index (χ4n) is 4.00. The molecule has 1 saturated carbocycles. The lowest BCUT2D eigenvalue weighted by atomic mass is 9.74. The Morgan fingerprint density at radius 1 is 1.35 bits per heavy atom. The van der Waals surface area contributed by atoms with E-state index in [9.17, 15) is 0 Å². The Hall–Kier alpha value is 0.1000. The van der Waals surface area contributed by atoms with Crippen molar-refractivity contribution >= 4 is 27.3 Å². The molecular formula is C16H24BrNOS. The van der Waals surface area contributed by atoms with Crippen molar-refractivity contribution in [2.75, 3.05) is 13.7 Å². The Balaban J connectivity index is 1.74. The van der Waals surface area contributed by atoms with Crippen LogP contribution in [0.25, 0.3) is 0 Å². The number of nitrogens with one attached hydrogen (secondary N) is 1. The molecule has 2 unspecified atom stereocenters. The summed E-state index contributed by atoms with van der Waals surface area (Å²) in [6.45, 7) is 0.940. The van der Waals surface area contributed by atoms with Crippen LogP contribution in [-0.4, -0.2) is 19.3 Å². The summed E-state index contributed by atoms with van der Waals surface area (Å²) in [6.07, 6.45) is 9.05. The zero-order chi connectivity index (χ0) is 14.0. The van der Waals surface area contributed by atoms with Crippen molar-refractivity contribution in [3.05, 3.63) is 20.8 Å². The summed E-state index contributed by atoms with van der Waals surface area (Å²) >= 11 is 5.45. The number of thiophene rings is 1. The second-order valence-corrected chi connectivity index (χ2v) is 8.75. The van der Waals surface area contributed by atoms with Gasteiger partial charge in [-0.1, -0.05) is 19.3 Å². The number of hydrogen-bond acceptors (Lipinski definition) is 3. The highest BCUT2D eigenvalue weighted by Gasteiger charge is 2.41. The van der Waals surface area contributed by atoms with E-state index >= 15 is 0 Å². The summed E-state index contributed by atoms with van der Waals surface area (Å²) in [5.41, 5.74) is 0.199. The van der Waals surface area contributed by atoms with E-state index in [1.807, 2.05) is 11.3 Å². The van der Waals surface area contributed by atoms with Gasteiger partial charge in [0.05, 0.1) is 9.39 Å². The van der Waals surface area contributed by atoms with Crippen molar-refractivity contribution in [2.24, 2.45) is 5.92 Å². The van der Waals surface area contributed by atoms with Gasteiger partial charge in [0.1, 0.15) is 0 Å². The minimum atomic E-state index is 0.199. The monoisotopic (exact) mass is 357 g/mol. The predicted octanol–water partition coefficient (Wildman–Crippen LogP) is 4.90. The molecule has 2 nitrogen and oxygen atoms in total. The highest BCUT2D eigenvalue weighted by Crippen LogP contribution is 2.45. The van der Waals surface area contributed by atoms with Gasteiger partial charge in [-0.2, -0.15) is 0 Å². The van der Waals surface area contributed by atoms with Crippen LogP contribution in [-0.2, 0) is 4.74 Å². The van der Waals surface area contributed by atoms with Gasteiger partial charge in [0.25, 0.3) is 0 Å². The van der Waals surface area contributed by atoms with Crippen LogP contribution in [0.15, 0.2) is 15.9 Å². The first-order chi connectivity index (χ1) is 9.72. The zero-order valence-corrected chi connectivity index (χ0v) is 14.6. The van der Waals surface area contributed by atoms with E-state index in [0.29, 0.717) is 12.0 Å². The molecule has 1 aliphatic heterocycles. The van der Waals surface area contributed by atoms with E-state index in [1.165, 1.54) is 53.6 Å². The second kappa shape index (κ2) is 6.47. The average Bonchev–Trinajstić information content (AvgIpc) is 2.87. The molecule has 0 amide bonds. The first kappa shape index (κ1) is 15.0. The van der Waals surface area contributed by atoms with E-state index < -0.39 is 0 Å². The smallest absolute Gasteiger partial charge is 0.0701 e. The number of ether oxygens (including phenoxy) is 1. The van der Waals surface area contributed by atoms with Crippen molar-refractivity contribution in [3.8, 4) is 0 Å². The maximum Gasteiger partial charge on any atom is 0.0701 e. The molecule has 20 heavy (non-hydrogen) atoms. The third kappa shape index (κ3) is 3.13. The van der Waals surface area contributed by atoms with E-state index in [0.717, 1.165) is 6.61 Å². The summed E-state index contributed by atoms with van der Waals surface area (Å²) in [5, 5.41) is 3.56. The molecule has 112 valence electrons. The number of halogens is 1. The molecule has 4 heteroatoms. The van der Waals surface area contributed by atoms with Crippen LogP contribution < -0.4 is 5.32 Å². The second-order valence-electron chi connectivity index (χ2n) is 6.25. The molecular weight excluding hydrogens is 334 g/mol. The van der Waals surface area contributed by atoms with Crippen molar-refractivity contribution in [1.29, 1.82) is 0 Å². The van der Waals surface area contributed by atoms with Crippen LogP contribution in [0.2, 0.25) is 0 Å². The lowest BCUT2D eigenvalue weighted by Gasteiger charge is -2.45. The minimum Gasteiger partial charge on any atom is -0.375 e. The Kier molecular flexibility index (Phi) is 4.86. The number of hydrogen-bond donors (Lipinski definition) is 1. The quantitative estimate of drug-likeness (QED) is 0.830. The van der Waals surface area contributed by atoms with Crippen LogP contribution in [0.3, 0.4) is 0 Å². The SMILES string of the molecule is CNC(c1ccc(Br)s1)C1CCOC2(CCCCC2)C1. The third-order valence-corrected chi connectivity index (χ3v) is 6.69. The number of rotatable bonds is 3. The zero-order valence-electron chi connectivity index (χ0n) is 12.2. The molecule has 0 bridgehead atoms. The maximum atomic E-state index is 6.24. The molecule has 2 aliphatic rings. The molecule has 2 fully saturated rings. The minimum absolute atomic E-state index is 0.199. The molecule has 1 saturated heterocycles. The topological polar surface area (TPSA) is 21.3 Å². The van der Waals surface area contributed by atoms with Gasteiger partial charge in [0, 0.05) is 17.5 Å². The Labute approximate surface area is 134 Å². The van der Waals surface area contributed by atoms with Crippen LogP contribution in [0.1, 0.15) is 55.9 Å². The maximum absolute atomic E-state index is 6.24. The third-order valence-electron chi connectivity index (χ3n) is 4.98. The van der Waals surface area contributed by atoms with Gasteiger partial charge in [-0.25, -0.2) is 0 Å². The fourth-order valence-corrected chi connectivity index (χ4v) is 5.63. The lowest BCUT2D eigenvalue weighted by Crippen LogP contribution is -2.44. The van der Waals surface area contributed by atoms with Crippen molar-refractivity contribution in [3.63, 3.8) is 0 Å². The van der Waals surface area contributed by atoms with Gasteiger partial charge in [-0.3, -0.25) is 0 Å². The fraction of sp³-hybridized carbons (Fsp3) is 0.750. The van der Waals surface area contributed by atoms with E-state index in [4.69, 9.17) is 4.74 Å². The summed E-state index contributed by atoms with van der Waals surface area (Å²) < 4.78 is 7.47. The van der Waals surface area contributed by atoms with Gasteiger partial charge < -0.3 is 10.1 Å². The molecule has 1 aliphatic carbocycles. The lowest BCUT2D eigenvalue weighted by molar-refractivity contribution is -0.121. The summed E-state index contributed by atoms with van der Waals surface area (Å²) in [7, 11) is 2.10. The van der Waals surface area contributed by atoms with E-state index in [1.54, 1.807) is 0 Å². The molecule has 1 spiro atoms. The van der Waals surface area contributed by atoms with Crippen LogP contribution >= 0.6 is 27.3 Å². The van der Waals surface area contributed by atoms with E-state index in [-0.39, 0.29) is 5.60 Å². The van der Waals surface area contributed by atoms with Crippen LogP contribution in [0.4, 0.5) is 0 Å². The summed E-state index contributed by atoms with van der Waals surface area (Å²) in [6, 6.07) is 4.91. The van der Waals surface area contributed by atoms with Gasteiger partial charge >= 0.3 is 0 Å². The molecule has 2 heterocycles. The molecule has 2 atom stereocenters. The van der Waals surface area contributed by atoms with Crippen molar-refractivity contribution in [1.82, 2.24) is 5.32 Å². The Bertz CT molecular complexity index is 436. The highest BCUT2D eigenvalue weighted by atomic mass is 79.9.